The van der Waals surface area contributed by atoms with Crippen LogP contribution in [0.3, 0.4) is 0 Å². The van der Waals surface area contributed by atoms with Crippen LogP contribution >= 0.6 is 11.3 Å². The first kappa shape index (κ1) is 21.8. The number of aliphatic hydroxyl groups is 1. The predicted molar refractivity (Wildman–Crippen MR) is 122 cm³/mol. The molecule has 1 aromatic heterocycles. The molecule has 1 amide bonds. The van der Waals surface area contributed by atoms with E-state index in [9.17, 15) is 14.7 Å². The van der Waals surface area contributed by atoms with Gasteiger partial charge in [-0.1, -0.05) is 12.1 Å². The standard InChI is InChI=1S/C25H29NO4S/c1-15(2)30-12-11-26-21(24-16(3)10-13-31-24)20(23(28)25(26)29)22(27)19-9-8-17-6-4-5-7-18(17)14-19/h8-10,13-15,21,27H,4-7,11-12H2,1-3H3/b22-20-. The molecule has 4 rings (SSSR count). The fraction of sp³-hybridized carbons (Fsp3) is 0.440. The molecule has 1 atom stereocenters. The van der Waals surface area contributed by atoms with Crippen molar-refractivity contribution in [3.05, 3.63) is 62.3 Å². The lowest BCUT2D eigenvalue weighted by Crippen LogP contribution is -2.33. The molecule has 1 N–H and O–H groups in total. The lowest BCUT2D eigenvalue weighted by Gasteiger charge is -2.25. The van der Waals surface area contributed by atoms with Crippen molar-refractivity contribution in [2.24, 2.45) is 0 Å². The molecular weight excluding hydrogens is 410 g/mol. The fourth-order valence-electron chi connectivity index (χ4n) is 4.47. The maximum absolute atomic E-state index is 13.1. The van der Waals surface area contributed by atoms with Crippen molar-refractivity contribution in [3.8, 4) is 0 Å². The Balaban J connectivity index is 1.77. The highest BCUT2D eigenvalue weighted by Crippen LogP contribution is 2.42. The second kappa shape index (κ2) is 8.97. The van der Waals surface area contributed by atoms with Gasteiger partial charge in [0.05, 0.1) is 24.3 Å². The van der Waals surface area contributed by atoms with Crippen LogP contribution in [0.1, 0.15) is 59.9 Å². The van der Waals surface area contributed by atoms with E-state index in [1.807, 2.05) is 50.4 Å². The third kappa shape index (κ3) is 4.19. The molecule has 1 fully saturated rings. The van der Waals surface area contributed by atoms with Crippen molar-refractivity contribution in [1.82, 2.24) is 4.90 Å². The zero-order chi connectivity index (χ0) is 22.1. The number of benzene rings is 1. The number of ether oxygens (including phenoxy) is 1. The minimum atomic E-state index is -0.627. The smallest absolute Gasteiger partial charge is 0.295 e. The molecule has 0 spiro atoms. The molecule has 1 aliphatic carbocycles. The number of thiophene rings is 1. The van der Waals surface area contributed by atoms with Gasteiger partial charge >= 0.3 is 0 Å². The Kier molecular flexibility index (Phi) is 6.30. The van der Waals surface area contributed by atoms with Crippen molar-refractivity contribution in [3.63, 3.8) is 0 Å². The molecule has 0 radical (unpaired) electrons. The van der Waals surface area contributed by atoms with Gasteiger partial charge in [-0.2, -0.15) is 0 Å². The minimum Gasteiger partial charge on any atom is -0.507 e. The lowest BCUT2D eigenvalue weighted by molar-refractivity contribution is -0.140. The average molecular weight is 440 g/mol. The molecule has 2 aliphatic rings. The van der Waals surface area contributed by atoms with E-state index < -0.39 is 17.7 Å². The topological polar surface area (TPSA) is 66.8 Å². The van der Waals surface area contributed by atoms with E-state index >= 15 is 0 Å². The van der Waals surface area contributed by atoms with Crippen LogP contribution in [0.15, 0.2) is 35.2 Å². The number of ketones is 1. The molecule has 1 aliphatic heterocycles. The van der Waals surface area contributed by atoms with Gasteiger partial charge in [0.25, 0.3) is 11.7 Å². The molecular formula is C25H29NO4S. The molecule has 164 valence electrons. The second-order valence-corrected chi connectivity index (χ2v) is 9.52. The molecule has 1 aromatic carbocycles. The van der Waals surface area contributed by atoms with Gasteiger partial charge in [0.2, 0.25) is 0 Å². The summed E-state index contributed by atoms with van der Waals surface area (Å²) in [5.74, 6) is -1.29. The van der Waals surface area contributed by atoms with Crippen LogP contribution in [0.25, 0.3) is 5.76 Å². The van der Waals surface area contributed by atoms with Gasteiger partial charge in [-0.25, -0.2) is 0 Å². The van der Waals surface area contributed by atoms with E-state index in [1.54, 1.807) is 4.90 Å². The maximum atomic E-state index is 13.1. The summed E-state index contributed by atoms with van der Waals surface area (Å²) in [6.45, 7) is 6.47. The SMILES string of the molecule is Cc1ccsc1C1/C(=C(/O)c2ccc3c(c2)CCCC3)C(=O)C(=O)N1CCOC(C)C. The highest BCUT2D eigenvalue weighted by atomic mass is 32.1. The zero-order valence-electron chi connectivity index (χ0n) is 18.3. The van der Waals surface area contributed by atoms with Gasteiger partial charge in [0.15, 0.2) is 0 Å². The summed E-state index contributed by atoms with van der Waals surface area (Å²) >= 11 is 1.50. The van der Waals surface area contributed by atoms with Crippen LogP contribution in [-0.2, 0) is 27.2 Å². The Bertz CT molecular complexity index is 1040. The zero-order valence-corrected chi connectivity index (χ0v) is 19.1. The summed E-state index contributed by atoms with van der Waals surface area (Å²) in [5, 5.41) is 13.2. The van der Waals surface area contributed by atoms with E-state index in [1.165, 1.54) is 28.9 Å². The second-order valence-electron chi connectivity index (χ2n) is 8.57. The largest absolute Gasteiger partial charge is 0.507 e. The predicted octanol–water partition coefficient (Wildman–Crippen LogP) is 4.78. The molecule has 2 heterocycles. The number of nitrogens with zero attached hydrogens (tertiary/aromatic N) is 1. The van der Waals surface area contributed by atoms with Crippen LogP contribution in [0.2, 0.25) is 0 Å². The van der Waals surface area contributed by atoms with Crippen LogP contribution in [0.5, 0.6) is 0 Å². The number of hydrogen-bond acceptors (Lipinski definition) is 5. The third-order valence-corrected chi connectivity index (χ3v) is 7.17. The number of fused-ring (bicyclic) bond motifs is 1. The molecule has 1 unspecified atom stereocenters. The molecule has 2 aromatic rings. The Labute approximate surface area is 187 Å². The first-order chi connectivity index (χ1) is 14.9. The number of carbonyl (C=O) groups is 2. The summed E-state index contributed by atoms with van der Waals surface area (Å²) in [7, 11) is 0. The van der Waals surface area contributed by atoms with E-state index in [2.05, 4.69) is 0 Å². The Morgan fingerprint density at radius 2 is 1.94 bits per heavy atom. The number of likely N-dealkylation sites (tertiary alicyclic amines) is 1. The van der Waals surface area contributed by atoms with Gasteiger partial charge < -0.3 is 14.7 Å². The molecule has 5 nitrogen and oxygen atoms in total. The first-order valence-corrected chi connectivity index (χ1v) is 11.8. The lowest BCUT2D eigenvalue weighted by atomic mass is 9.89. The summed E-state index contributed by atoms with van der Waals surface area (Å²) < 4.78 is 5.65. The highest BCUT2D eigenvalue weighted by Gasteiger charge is 2.46. The van der Waals surface area contributed by atoms with Gasteiger partial charge in [-0.3, -0.25) is 9.59 Å². The maximum Gasteiger partial charge on any atom is 0.295 e. The van der Waals surface area contributed by atoms with Gasteiger partial charge in [0, 0.05) is 17.0 Å². The van der Waals surface area contributed by atoms with Gasteiger partial charge in [0.1, 0.15) is 5.76 Å². The van der Waals surface area contributed by atoms with Crippen LogP contribution in [0.4, 0.5) is 0 Å². The Morgan fingerprint density at radius 3 is 2.61 bits per heavy atom. The molecule has 31 heavy (non-hydrogen) atoms. The highest BCUT2D eigenvalue weighted by molar-refractivity contribution is 7.10. The number of carbonyl (C=O) groups excluding carboxylic acids is 2. The van der Waals surface area contributed by atoms with Gasteiger partial charge in [-0.15, -0.1) is 11.3 Å². The molecule has 1 saturated heterocycles. The average Bonchev–Trinajstić information content (AvgIpc) is 3.28. The molecule has 6 heteroatoms. The fourth-order valence-corrected chi connectivity index (χ4v) is 5.52. The van der Waals surface area contributed by atoms with Crippen LogP contribution in [-0.4, -0.2) is 41.0 Å². The first-order valence-electron chi connectivity index (χ1n) is 10.9. The van der Waals surface area contributed by atoms with E-state index in [0.717, 1.165) is 29.7 Å². The number of Topliss-reactive ketones (excluding diaryl/α,β-unsaturated/α-hetero) is 1. The summed E-state index contributed by atoms with van der Waals surface area (Å²) in [5.41, 5.74) is 4.31. The van der Waals surface area contributed by atoms with Crippen molar-refractivity contribution in [2.75, 3.05) is 13.2 Å². The van der Waals surface area contributed by atoms with Crippen molar-refractivity contribution in [2.45, 2.75) is 58.6 Å². The number of aliphatic hydroxyl groups excluding tert-OH is 1. The van der Waals surface area contributed by atoms with Crippen molar-refractivity contribution in [1.29, 1.82) is 0 Å². The third-order valence-electron chi connectivity index (χ3n) is 6.10. The number of hydrogen-bond donors (Lipinski definition) is 1. The van der Waals surface area contributed by atoms with Crippen molar-refractivity contribution < 1.29 is 19.4 Å². The van der Waals surface area contributed by atoms with Gasteiger partial charge in [-0.05, 0) is 80.7 Å². The number of rotatable bonds is 6. The van der Waals surface area contributed by atoms with E-state index in [-0.39, 0.29) is 17.4 Å². The Hall–Kier alpha value is -2.44. The Morgan fingerprint density at radius 1 is 1.19 bits per heavy atom. The minimum absolute atomic E-state index is 0.0363. The van der Waals surface area contributed by atoms with Crippen LogP contribution < -0.4 is 0 Å². The summed E-state index contributed by atoms with van der Waals surface area (Å²) in [4.78, 5) is 28.5. The molecule has 0 bridgehead atoms. The summed E-state index contributed by atoms with van der Waals surface area (Å²) in [6.07, 6.45) is 4.37. The van der Waals surface area contributed by atoms with Crippen molar-refractivity contribution >= 4 is 28.8 Å². The number of amides is 1. The quantitative estimate of drug-likeness (QED) is 0.400. The normalized spacial score (nSPS) is 20.5. The van der Waals surface area contributed by atoms with Crippen LogP contribution in [0, 0.1) is 6.92 Å². The number of aryl methyl sites for hydroxylation is 3. The summed E-state index contributed by atoms with van der Waals surface area (Å²) in [6, 6.07) is 7.28. The van der Waals surface area contributed by atoms with E-state index in [4.69, 9.17) is 4.74 Å². The van der Waals surface area contributed by atoms with E-state index in [0.29, 0.717) is 18.7 Å². The molecule has 0 saturated carbocycles. The monoisotopic (exact) mass is 439 g/mol.